The topological polar surface area (TPSA) is 102 Å². The summed E-state index contributed by atoms with van der Waals surface area (Å²) in [6, 6.07) is 20.7. The minimum atomic E-state index is -1.39. The highest BCUT2D eigenvalue weighted by Gasteiger charge is 2.44. The molecule has 0 radical (unpaired) electrons. The summed E-state index contributed by atoms with van der Waals surface area (Å²) in [4.78, 5) is 0. The van der Waals surface area contributed by atoms with Gasteiger partial charge in [-0.1, -0.05) is 54.6 Å². The fraction of sp³-hybridized carbons (Fsp3) is 0.360. The second-order valence-corrected chi connectivity index (χ2v) is 8.45. The van der Waals surface area contributed by atoms with Crippen molar-refractivity contribution in [1.82, 2.24) is 5.32 Å². The van der Waals surface area contributed by atoms with Crippen LogP contribution < -0.4 is 5.32 Å². The first kappa shape index (κ1) is 20.6. The number of aliphatic hydroxyl groups is 4. The van der Waals surface area contributed by atoms with Gasteiger partial charge in [-0.2, -0.15) is 0 Å². The van der Waals surface area contributed by atoms with Crippen LogP contribution in [0, 0.1) is 0 Å². The number of rotatable bonds is 3. The number of fused-ring (bicyclic) bond motifs is 2. The number of hydrogen-bond donors (Lipinski definition) is 5. The molecule has 1 fully saturated rings. The summed E-state index contributed by atoms with van der Waals surface area (Å²) in [5.74, 6) is 0. The Morgan fingerprint density at radius 3 is 2.42 bits per heavy atom. The van der Waals surface area contributed by atoms with E-state index in [2.05, 4.69) is 35.6 Å². The normalized spacial score (nSPS) is 30.8. The van der Waals surface area contributed by atoms with Gasteiger partial charge in [0.2, 0.25) is 0 Å². The predicted octanol–water partition coefficient (Wildman–Crippen LogP) is 1.59. The highest BCUT2D eigenvalue weighted by molar-refractivity contribution is 5.83. The first-order valence-electron chi connectivity index (χ1n) is 10.7. The van der Waals surface area contributed by atoms with Crippen LogP contribution in [0.1, 0.15) is 34.4 Å². The van der Waals surface area contributed by atoms with Crippen molar-refractivity contribution in [3.63, 3.8) is 0 Å². The summed E-state index contributed by atoms with van der Waals surface area (Å²) in [5, 5.41) is 46.3. The molecule has 0 aliphatic carbocycles. The lowest BCUT2D eigenvalue weighted by Crippen LogP contribution is -2.55. The first-order valence-corrected chi connectivity index (χ1v) is 10.7. The van der Waals surface area contributed by atoms with Crippen molar-refractivity contribution in [2.24, 2.45) is 0 Å². The van der Waals surface area contributed by atoms with Crippen molar-refractivity contribution in [3.8, 4) is 0 Å². The summed E-state index contributed by atoms with van der Waals surface area (Å²) in [5.41, 5.74) is 4.21. The van der Waals surface area contributed by atoms with Crippen molar-refractivity contribution in [1.29, 1.82) is 0 Å². The standard InChI is InChI=1S/C25H27NO5/c27-13-20-22(28)23(29)24(30)25(31-20)18-8-6-15-9-10-26-21(19(15)12-18)17-7-5-14-3-1-2-4-16(14)11-17/h1-8,11-12,20-30H,9-10,13H2/t20-,21+,22-,23+,24-,25+/m1/s1. The highest BCUT2D eigenvalue weighted by Crippen LogP contribution is 2.37. The van der Waals surface area contributed by atoms with E-state index in [1.807, 2.05) is 30.3 Å². The molecule has 1 saturated heterocycles. The average Bonchev–Trinajstić information content (AvgIpc) is 2.82. The molecule has 0 unspecified atom stereocenters. The minimum Gasteiger partial charge on any atom is -0.394 e. The molecule has 2 aliphatic heterocycles. The molecule has 2 aliphatic rings. The molecule has 0 aromatic heterocycles. The Bertz CT molecular complexity index is 1080. The SMILES string of the molecule is OC[C@H]1O[C@@H](c2ccc3c(c2)[C@H](c2ccc4ccccc4c2)NCC3)[C@H](O)[C@@H](O)[C@@H]1O. The third-order valence-corrected chi connectivity index (χ3v) is 6.55. The smallest absolute Gasteiger partial charge is 0.113 e. The van der Waals surface area contributed by atoms with E-state index in [9.17, 15) is 20.4 Å². The Labute approximate surface area is 180 Å². The van der Waals surface area contributed by atoms with Crippen molar-refractivity contribution < 1.29 is 25.2 Å². The second kappa shape index (κ2) is 8.31. The lowest BCUT2D eigenvalue weighted by molar-refractivity contribution is -0.231. The van der Waals surface area contributed by atoms with E-state index in [4.69, 9.17) is 4.74 Å². The zero-order valence-corrected chi connectivity index (χ0v) is 17.1. The van der Waals surface area contributed by atoms with Crippen LogP contribution in [0.25, 0.3) is 10.8 Å². The lowest BCUT2D eigenvalue weighted by atomic mass is 9.85. The van der Waals surface area contributed by atoms with Gasteiger partial charge in [0.05, 0.1) is 12.6 Å². The molecule has 0 spiro atoms. The molecular formula is C25H27NO5. The van der Waals surface area contributed by atoms with Crippen LogP contribution in [-0.2, 0) is 11.2 Å². The molecule has 3 aromatic rings. The zero-order chi connectivity index (χ0) is 21.5. The predicted molar refractivity (Wildman–Crippen MR) is 117 cm³/mol. The van der Waals surface area contributed by atoms with E-state index in [1.54, 1.807) is 0 Å². The van der Waals surface area contributed by atoms with E-state index in [0.29, 0.717) is 5.56 Å². The van der Waals surface area contributed by atoms with E-state index < -0.39 is 37.1 Å². The molecule has 6 heteroatoms. The molecule has 6 atom stereocenters. The molecule has 5 N–H and O–H groups in total. The van der Waals surface area contributed by atoms with E-state index >= 15 is 0 Å². The number of hydrogen-bond acceptors (Lipinski definition) is 6. The maximum atomic E-state index is 10.5. The Hall–Kier alpha value is -2.32. The Balaban J connectivity index is 1.52. The van der Waals surface area contributed by atoms with Gasteiger partial charge in [0, 0.05) is 6.54 Å². The molecule has 0 saturated carbocycles. The number of aliphatic hydroxyl groups excluding tert-OH is 4. The van der Waals surface area contributed by atoms with Crippen LogP contribution in [0.4, 0.5) is 0 Å². The third kappa shape index (κ3) is 3.65. The molecule has 0 amide bonds. The van der Waals surface area contributed by atoms with Gasteiger partial charge in [-0.15, -0.1) is 0 Å². The second-order valence-electron chi connectivity index (χ2n) is 8.45. The fourth-order valence-electron chi connectivity index (χ4n) is 4.81. The van der Waals surface area contributed by atoms with Crippen LogP contribution in [0.5, 0.6) is 0 Å². The minimum absolute atomic E-state index is 0.00167. The van der Waals surface area contributed by atoms with Gasteiger partial charge in [0.1, 0.15) is 30.5 Å². The van der Waals surface area contributed by atoms with Crippen LogP contribution in [0.3, 0.4) is 0 Å². The molecular weight excluding hydrogens is 394 g/mol. The van der Waals surface area contributed by atoms with Crippen molar-refractivity contribution in [2.75, 3.05) is 13.2 Å². The summed E-state index contributed by atoms with van der Waals surface area (Å²) >= 11 is 0. The Kier molecular flexibility index (Phi) is 5.52. The maximum Gasteiger partial charge on any atom is 0.113 e. The van der Waals surface area contributed by atoms with E-state index in [0.717, 1.165) is 24.1 Å². The van der Waals surface area contributed by atoms with Crippen molar-refractivity contribution >= 4 is 10.8 Å². The number of ether oxygens (including phenoxy) is 1. The summed E-state index contributed by atoms with van der Waals surface area (Å²) in [7, 11) is 0. The van der Waals surface area contributed by atoms with Gasteiger partial charge >= 0.3 is 0 Å². The molecule has 5 rings (SSSR count). The van der Waals surface area contributed by atoms with Gasteiger partial charge in [0.15, 0.2) is 0 Å². The molecule has 162 valence electrons. The van der Waals surface area contributed by atoms with Gasteiger partial charge in [0.25, 0.3) is 0 Å². The quantitative estimate of drug-likeness (QED) is 0.440. The Morgan fingerprint density at radius 2 is 1.61 bits per heavy atom. The van der Waals surface area contributed by atoms with Crippen molar-refractivity contribution in [3.05, 3.63) is 82.9 Å². The highest BCUT2D eigenvalue weighted by atomic mass is 16.5. The number of nitrogens with one attached hydrogen (secondary N) is 1. The van der Waals surface area contributed by atoms with E-state index in [1.165, 1.54) is 16.3 Å². The monoisotopic (exact) mass is 421 g/mol. The Morgan fingerprint density at radius 1 is 0.839 bits per heavy atom. The average molecular weight is 421 g/mol. The van der Waals surface area contributed by atoms with Crippen LogP contribution in [-0.4, -0.2) is 58.0 Å². The summed E-state index contributed by atoms with van der Waals surface area (Å²) in [6.07, 6.45) is -4.89. The van der Waals surface area contributed by atoms with Gasteiger partial charge < -0.3 is 30.5 Å². The van der Waals surface area contributed by atoms with Gasteiger partial charge in [-0.25, -0.2) is 0 Å². The molecule has 2 heterocycles. The largest absolute Gasteiger partial charge is 0.394 e. The van der Waals surface area contributed by atoms with Gasteiger partial charge in [-0.3, -0.25) is 0 Å². The fourth-order valence-corrected chi connectivity index (χ4v) is 4.81. The maximum absolute atomic E-state index is 10.5. The van der Waals surface area contributed by atoms with Crippen LogP contribution in [0.15, 0.2) is 60.7 Å². The molecule has 6 nitrogen and oxygen atoms in total. The van der Waals surface area contributed by atoms with Crippen molar-refractivity contribution in [2.45, 2.75) is 43.0 Å². The first-order chi connectivity index (χ1) is 15.1. The lowest BCUT2D eigenvalue weighted by Gasteiger charge is -2.40. The van der Waals surface area contributed by atoms with Crippen LogP contribution >= 0.6 is 0 Å². The van der Waals surface area contributed by atoms with E-state index in [-0.39, 0.29) is 6.04 Å². The van der Waals surface area contributed by atoms with Crippen LogP contribution in [0.2, 0.25) is 0 Å². The third-order valence-electron chi connectivity index (χ3n) is 6.55. The zero-order valence-electron chi connectivity index (χ0n) is 17.1. The summed E-state index contributed by atoms with van der Waals surface area (Å²) in [6.45, 7) is 0.428. The summed E-state index contributed by atoms with van der Waals surface area (Å²) < 4.78 is 5.78. The molecule has 3 aromatic carbocycles. The van der Waals surface area contributed by atoms with Gasteiger partial charge in [-0.05, 0) is 45.5 Å². The molecule has 0 bridgehead atoms. The number of benzene rings is 3. The molecule has 31 heavy (non-hydrogen) atoms.